The maximum Gasteiger partial charge on any atom is 0.322 e. The lowest BCUT2D eigenvalue weighted by Gasteiger charge is -2.33. The van der Waals surface area contributed by atoms with E-state index in [1.165, 1.54) is 35.2 Å². The van der Waals surface area contributed by atoms with Crippen LogP contribution in [-0.2, 0) is 57.6 Å². The van der Waals surface area contributed by atoms with Gasteiger partial charge in [-0.1, -0.05) is 82.1 Å². The van der Waals surface area contributed by atoms with Crippen molar-refractivity contribution in [2.24, 2.45) is 17.4 Å². The van der Waals surface area contributed by atoms with Crippen LogP contribution in [0.4, 0.5) is 0 Å². The Bertz CT molecular complexity index is 2360. The van der Waals surface area contributed by atoms with E-state index in [1.54, 1.807) is 42.5 Å². The van der Waals surface area contributed by atoms with Crippen molar-refractivity contribution in [3.63, 3.8) is 0 Å². The lowest BCUT2D eigenvalue weighted by molar-refractivity contribution is -0.144. The zero-order valence-corrected chi connectivity index (χ0v) is 42.7. The van der Waals surface area contributed by atoms with Crippen molar-refractivity contribution < 1.29 is 48.6 Å². The number of phenols is 1. The first-order chi connectivity index (χ1) is 35.3. The molecule has 2 aromatic carbocycles. The van der Waals surface area contributed by atoms with Gasteiger partial charge in [-0.3, -0.25) is 48.7 Å². The van der Waals surface area contributed by atoms with Gasteiger partial charge in [-0.05, 0) is 86.3 Å². The van der Waals surface area contributed by atoms with E-state index in [0.717, 1.165) is 5.56 Å². The number of pyridine rings is 1. The van der Waals surface area contributed by atoms with Crippen molar-refractivity contribution in [1.29, 1.82) is 5.41 Å². The average Bonchev–Trinajstić information content (AvgIpc) is 3.87. The lowest BCUT2D eigenvalue weighted by atomic mass is 9.98. The van der Waals surface area contributed by atoms with Gasteiger partial charge in [0.25, 0.3) is 0 Å². The number of rotatable bonds is 29. The highest BCUT2D eigenvalue weighted by Gasteiger charge is 2.41. The van der Waals surface area contributed by atoms with Gasteiger partial charge in [-0.2, -0.15) is 0 Å². The number of carboxylic acids is 1. The zero-order chi connectivity index (χ0) is 54.3. The number of hydrogen-bond donors (Lipinski definition) is 11. The van der Waals surface area contributed by atoms with Crippen LogP contribution in [0.15, 0.2) is 79.0 Å². The summed E-state index contributed by atoms with van der Waals surface area (Å²) >= 11 is 0. The molecule has 3 aromatic rings. The summed E-state index contributed by atoms with van der Waals surface area (Å²) in [6.07, 6.45) is 4.08. The van der Waals surface area contributed by atoms with Gasteiger partial charge in [0, 0.05) is 44.9 Å². The number of unbranched alkanes of at least 4 members (excludes halogenated alkanes) is 1. The van der Waals surface area contributed by atoms with Crippen LogP contribution in [0.3, 0.4) is 0 Å². The molecule has 74 heavy (non-hydrogen) atoms. The van der Waals surface area contributed by atoms with Crippen molar-refractivity contribution in [3.05, 3.63) is 95.8 Å². The minimum atomic E-state index is -1.29. The number of aromatic hydroxyl groups is 1. The first-order valence-electron chi connectivity index (χ1n) is 25.1. The number of aliphatic carboxylic acids is 1. The molecule has 0 bridgehead atoms. The second-order valence-corrected chi connectivity index (χ2v) is 19.0. The summed E-state index contributed by atoms with van der Waals surface area (Å²) in [5, 5.41) is 42.4. The number of amides is 7. The van der Waals surface area contributed by atoms with E-state index in [-0.39, 0.29) is 82.1 Å². The van der Waals surface area contributed by atoms with Gasteiger partial charge in [0.1, 0.15) is 48.5 Å². The van der Waals surface area contributed by atoms with Crippen molar-refractivity contribution in [2.75, 3.05) is 26.7 Å². The highest BCUT2D eigenvalue weighted by Crippen LogP contribution is 2.21. The molecule has 0 saturated carbocycles. The second-order valence-electron chi connectivity index (χ2n) is 19.0. The number of nitrogens with two attached hydrogens (primary N) is 2. The van der Waals surface area contributed by atoms with E-state index in [0.29, 0.717) is 30.5 Å². The van der Waals surface area contributed by atoms with Crippen molar-refractivity contribution in [1.82, 2.24) is 46.7 Å². The zero-order valence-electron chi connectivity index (χ0n) is 42.7. The highest BCUT2D eigenvalue weighted by atomic mass is 16.4. The average molecular weight is 1030 g/mol. The molecule has 22 heteroatoms. The second kappa shape index (κ2) is 29.8. The molecule has 1 aromatic heterocycles. The minimum Gasteiger partial charge on any atom is -0.508 e. The van der Waals surface area contributed by atoms with E-state index in [1.807, 2.05) is 39.0 Å². The number of guanidine groups is 1. The van der Waals surface area contributed by atoms with Crippen molar-refractivity contribution >= 4 is 53.3 Å². The maximum atomic E-state index is 14.7. The van der Waals surface area contributed by atoms with Crippen LogP contribution in [0.5, 0.6) is 5.75 Å². The Labute approximate surface area is 432 Å². The van der Waals surface area contributed by atoms with Crippen LogP contribution >= 0.6 is 0 Å². The number of likely N-dealkylation sites (tertiary alicyclic amines) is 1. The third-order valence-corrected chi connectivity index (χ3v) is 12.5. The van der Waals surface area contributed by atoms with E-state index < -0.39 is 96.2 Å². The number of nitrogens with one attached hydrogen (secondary N) is 7. The SMILES string of the molecule is CCCC[C@H](NC(=O)[C@H](CC(C)C)N(C)C(=O)[C@H](Cc1ccccc1)NC(=O)[C@@H](N)Cc1ccc(O)cc1)C(=O)N[C@@H](Cc1ccccn1)C(=O)N1CCC[C@H]1C(=O)N[C@@H](CCCNC(=N)N)C(=O)NCC(=O)O. The predicted octanol–water partition coefficient (Wildman–Crippen LogP) is 0.600. The molecule has 22 nitrogen and oxygen atoms in total. The summed E-state index contributed by atoms with van der Waals surface area (Å²) in [6, 6.07) is 12.4. The summed E-state index contributed by atoms with van der Waals surface area (Å²) in [6.45, 7) is 5.31. The maximum absolute atomic E-state index is 14.7. The fourth-order valence-electron chi connectivity index (χ4n) is 8.59. The number of benzene rings is 2. The number of hydrogen-bond acceptors (Lipinski definition) is 12. The number of aromatic nitrogens is 1. The Morgan fingerprint density at radius 1 is 0.770 bits per heavy atom. The predicted molar refractivity (Wildman–Crippen MR) is 276 cm³/mol. The molecule has 0 unspecified atom stereocenters. The number of carbonyl (C=O) groups is 8. The van der Waals surface area contributed by atoms with E-state index >= 15 is 0 Å². The number of carbonyl (C=O) groups excluding carboxylic acids is 7. The van der Waals surface area contributed by atoms with Gasteiger partial charge in [0.05, 0.1) is 6.04 Å². The standard InChI is InChI=1S/C52H74N12O10/c1-5-6-17-39(60-49(72)43(27-32(2)3)63(4)50(73)40(29-33-14-8-7-9-15-33)61-45(68)37(53)28-34-20-22-36(65)23-21-34)47(70)62-41(30-35-16-10-11-24-56-35)51(74)64-26-13-19-42(64)48(71)59-38(18-12-25-57-52(54)55)46(69)58-31-44(66)67/h7-11,14-16,20-24,32,37-43,65H,5-6,12-13,17-19,25-31,53H2,1-4H3,(H,58,69)(H,59,71)(H,60,72)(H,61,68)(H,62,70)(H,66,67)(H4,54,55,57)/t37-,38-,39-,40-,41-,42-,43-/m0/s1. The molecule has 7 amide bonds. The molecular weight excluding hydrogens is 953 g/mol. The third kappa shape index (κ3) is 19.1. The molecule has 4 rings (SSSR count). The van der Waals surface area contributed by atoms with E-state index in [9.17, 15) is 43.5 Å². The molecule has 1 fully saturated rings. The molecule has 1 aliphatic heterocycles. The normalized spacial score (nSPS) is 15.5. The summed E-state index contributed by atoms with van der Waals surface area (Å²) in [4.78, 5) is 117. The van der Waals surface area contributed by atoms with Gasteiger partial charge < -0.3 is 63.4 Å². The Balaban J connectivity index is 1.58. The van der Waals surface area contributed by atoms with Crippen LogP contribution in [-0.4, -0.2) is 147 Å². The molecule has 13 N–H and O–H groups in total. The van der Waals surface area contributed by atoms with Gasteiger partial charge in [0.15, 0.2) is 5.96 Å². The van der Waals surface area contributed by atoms with Crippen LogP contribution in [0.2, 0.25) is 0 Å². The highest BCUT2D eigenvalue weighted by molar-refractivity contribution is 5.98. The van der Waals surface area contributed by atoms with Crippen LogP contribution in [0.25, 0.3) is 0 Å². The first kappa shape index (κ1) is 58.9. The van der Waals surface area contributed by atoms with Crippen LogP contribution < -0.4 is 43.4 Å². The molecule has 0 aliphatic carbocycles. The largest absolute Gasteiger partial charge is 0.508 e. The molecular formula is C52H74N12O10. The van der Waals surface area contributed by atoms with Crippen LogP contribution in [0, 0.1) is 11.3 Å². The number of likely N-dealkylation sites (N-methyl/N-ethyl adjacent to an activating group) is 1. The monoisotopic (exact) mass is 1030 g/mol. The van der Waals surface area contributed by atoms with Crippen LogP contribution in [0.1, 0.15) is 89.0 Å². The minimum absolute atomic E-state index is 0.0475. The third-order valence-electron chi connectivity index (χ3n) is 12.5. The molecule has 0 spiro atoms. The fraction of sp³-hybridized carbons (Fsp3) is 0.500. The van der Waals surface area contributed by atoms with Crippen molar-refractivity contribution in [2.45, 2.75) is 134 Å². The number of phenolic OH excluding ortho intramolecular Hbond substituents is 1. The fourth-order valence-corrected chi connectivity index (χ4v) is 8.59. The topological polar surface area (TPSA) is 344 Å². The summed E-state index contributed by atoms with van der Waals surface area (Å²) in [7, 11) is 1.47. The van der Waals surface area contributed by atoms with E-state index in [4.69, 9.17) is 22.0 Å². The summed E-state index contributed by atoms with van der Waals surface area (Å²) in [5.41, 5.74) is 13.6. The number of carboxylic acid groups (broad SMARTS) is 1. The molecule has 402 valence electrons. The Kier molecular flexibility index (Phi) is 23.7. The van der Waals surface area contributed by atoms with Crippen molar-refractivity contribution in [3.8, 4) is 5.75 Å². The number of nitrogens with zero attached hydrogens (tertiary/aromatic N) is 3. The quantitative estimate of drug-likeness (QED) is 0.0258. The molecule has 0 radical (unpaired) electrons. The van der Waals surface area contributed by atoms with Gasteiger partial charge in [-0.25, -0.2) is 0 Å². The lowest BCUT2D eigenvalue weighted by Crippen LogP contribution is -2.60. The Morgan fingerprint density at radius 2 is 1.41 bits per heavy atom. The van der Waals surface area contributed by atoms with Gasteiger partial charge in [0.2, 0.25) is 41.4 Å². The van der Waals surface area contributed by atoms with Gasteiger partial charge >= 0.3 is 5.97 Å². The molecule has 1 saturated heterocycles. The summed E-state index contributed by atoms with van der Waals surface area (Å²) in [5.74, 6) is -6.18. The Hall–Kier alpha value is -7.62. The molecule has 1 aliphatic rings. The van der Waals surface area contributed by atoms with Gasteiger partial charge in [-0.15, -0.1) is 0 Å². The summed E-state index contributed by atoms with van der Waals surface area (Å²) < 4.78 is 0. The first-order valence-corrected chi connectivity index (χ1v) is 25.1. The molecule has 2 heterocycles. The van der Waals surface area contributed by atoms with E-state index in [2.05, 4.69) is 36.9 Å². The smallest absolute Gasteiger partial charge is 0.322 e. The molecule has 7 atom stereocenters. The Morgan fingerprint density at radius 3 is 2.04 bits per heavy atom.